The maximum absolute atomic E-state index is 12.1. The number of hydrogen-bond acceptors (Lipinski definition) is 3. The number of nitrogens with zero attached hydrogens (tertiary/aromatic N) is 2. The molecule has 1 aliphatic carbocycles. The fourth-order valence-corrected chi connectivity index (χ4v) is 1.92. The van der Waals surface area contributed by atoms with Crippen molar-refractivity contribution in [2.45, 2.75) is 44.2 Å². The lowest BCUT2D eigenvalue weighted by atomic mass is 9.76. The van der Waals surface area contributed by atoms with Crippen LogP contribution in [-0.4, -0.2) is 36.1 Å². The van der Waals surface area contributed by atoms with Crippen LogP contribution >= 0.6 is 0 Å². The van der Waals surface area contributed by atoms with Crippen molar-refractivity contribution in [2.24, 2.45) is 0 Å². The third-order valence-corrected chi connectivity index (χ3v) is 3.40. The highest BCUT2D eigenvalue weighted by Gasteiger charge is 2.44. The van der Waals surface area contributed by atoms with E-state index in [0.29, 0.717) is 6.61 Å². The Morgan fingerprint density at radius 3 is 2.76 bits per heavy atom. The summed E-state index contributed by atoms with van der Waals surface area (Å²) in [6.07, 6.45) is 4.53. The van der Waals surface area contributed by atoms with Crippen molar-refractivity contribution in [3.05, 3.63) is 12.7 Å². The van der Waals surface area contributed by atoms with Crippen LogP contribution in [0.2, 0.25) is 0 Å². The Balaban J connectivity index is 2.51. The lowest BCUT2D eigenvalue weighted by Gasteiger charge is -2.43. The number of likely N-dealkylation sites (N-methyl/N-ethyl adjacent to an activating group) is 1. The van der Waals surface area contributed by atoms with Crippen LogP contribution in [0.25, 0.3) is 0 Å². The van der Waals surface area contributed by atoms with Crippen LogP contribution in [0.3, 0.4) is 0 Å². The maximum Gasteiger partial charge on any atom is 0.252 e. The Labute approximate surface area is 103 Å². The third kappa shape index (κ3) is 2.86. The molecule has 1 aliphatic rings. The van der Waals surface area contributed by atoms with Gasteiger partial charge in [0.25, 0.3) is 5.91 Å². The molecule has 1 rings (SSSR count). The predicted molar refractivity (Wildman–Crippen MR) is 65.2 cm³/mol. The van der Waals surface area contributed by atoms with Crippen molar-refractivity contribution in [3.8, 4) is 6.07 Å². The molecule has 0 bridgehead atoms. The van der Waals surface area contributed by atoms with E-state index in [4.69, 9.17) is 10.00 Å². The van der Waals surface area contributed by atoms with Gasteiger partial charge in [-0.3, -0.25) is 4.79 Å². The molecule has 0 spiro atoms. The fraction of sp³-hybridized carbons (Fsp3) is 0.692. The Morgan fingerprint density at radius 2 is 2.35 bits per heavy atom. The van der Waals surface area contributed by atoms with E-state index in [1.165, 1.54) is 0 Å². The van der Waals surface area contributed by atoms with Crippen molar-refractivity contribution in [3.63, 3.8) is 0 Å². The first-order valence-electron chi connectivity index (χ1n) is 5.99. The molecule has 0 heterocycles. The second-order valence-electron chi connectivity index (χ2n) is 4.48. The monoisotopic (exact) mass is 236 g/mol. The van der Waals surface area contributed by atoms with Crippen LogP contribution in [0.15, 0.2) is 12.7 Å². The minimum absolute atomic E-state index is 0.115. The van der Waals surface area contributed by atoms with Gasteiger partial charge in [-0.2, -0.15) is 5.26 Å². The van der Waals surface area contributed by atoms with Crippen LogP contribution in [-0.2, 0) is 9.53 Å². The second kappa shape index (κ2) is 5.83. The summed E-state index contributed by atoms with van der Waals surface area (Å²) < 4.78 is 5.40. The highest BCUT2D eigenvalue weighted by molar-refractivity contribution is 5.81. The van der Waals surface area contributed by atoms with Crippen LogP contribution in [0.1, 0.15) is 32.6 Å². The van der Waals surface area contributed by atoms with Gasteiger partial charge in [0.2, 0.25) is 0 Å². The topological polar surface area (TPSA) is 53.3 Å². The summed E-state index contributed by atoms with van der Waals surface area (Å²) in [4.78, 5) is 13.6. The quantitative estimate of drug-likeness (QED) is 0.522. The summed E-state index contributed by atoms with van der Waals surface area (Å²) >= 11 is 0. The Kier molecular flexibility index (Phi) is 4.71. The van der Waals surface area contributed by atoms with E-state index in [2.05, 4.69) is 12.6 Å². The number of nitriles is 1. The molecular formula is C13H20N2O2. The van der Waals surface area contributed by atoms with Gasteiger partial charge in [-0.1, -0.05) is 6.08 Å². The van der Waals surface area contributed by atoms with Crippen LogP contribution in [0.4, 0.5) is 0 Å². The van der Waals surface area contributed by atoms with E-state index in [9.17, 15) is 4.79 Å². The standard InChI is InChI=1S/C13H20N2O2/c1-4-5-9-17-11(2)12(16)15(3)13(10-14)7-6-8-13/h4,11H,1,5-9H2,2-3H3. The summed E-state index contributed by atoms with van der Waals surface area (Å²) in [5.41, 5.74) is -0.590. The van der Waals surface area contributed by atoms with Gasteiger partial charge in [-0.25, -0.2) is 0 Å². The summed E-state index contributed by atoms with van der Waals surface area (Å²) in [6, 6.07) is 2.25. The number of carbonyl (C=O) groups excluding carboxylic acids is 1. The van der Waals surface area contributed by atoms with E-state index in [1.54, 1.807) is 24.9 Å². The minimum Gasteiger partial charge on any atom is -0.368 e. The first kappa shape index (κ1) is 13.7. The van der Waals surface area contributed by atoms with Gasteiger partial charge in [0, 0.05) is 7.05 Å². The van der Waals surface area contributed by atoms with Gasteiger partial charge in [-0.15, -0.1) is 6.58 Å². The maximum atomic E-state index is 12.1. The highest BCUT2D eigenvalue weighted by atomic mass is 16.5. The molecule has 4 heteroatoms. The number of amides is 1. The van der Waals surface area contributed by atoms with Gasteiger partial charge >= 0.3 is 0 Å². The molecule has 1 fully saturated rings. The Morgan fingerprint density at radius 1 is 1.71 bits per heavy atom. The highest BCUT2D eigenvalue weighted by Crippen LogP contribution is 2.36. The van der Waals surface area contributed by atoms with Crippen LogP contribution in [0, 0.1) is 11.3 Å². The average molecular weight is 236 g/mol. The minimum atomic E-state index is -0.590. The molecule has 1 saturated carbocycles. The molecule has 0 saturated heterocycles. The largest absolute Gasteiger partial charge is 0.368 e. The summed E-state index contributed by atoms with van der Waals surface area (Å²) in [6.45, 7) is 5.81. The normalized spacial score (nSPS) is 18.6. The van der Waals surface area contributed by atoms with Gasteiger partial charge in [0.05, 0.1) is 12.7 Å². The first-order valence-corrected chi connectivity index (χ1v) is 5.99. The number of rotatable bonds is 6. The molecule has 0 aromatic heterocycles. The molecule has 0 aromatic carbocycles. The molecule has 1 unspecified atom stereocenters. The molecule has 0 N–H and O–H groups in total. The lowest BCUT2D eigenvalue weighted by molar-refractivity contribution is -0.147. The van der Waals surface area contributed by atoms with Gasteiger partial charge in [-0.05, 0) is 32.6 Å². The van der Waals surface area contributed by atoms with E-state index >= 15 is 0 Å². The van der Waals surface area contributed by atoms with E-state index < -0.39 is 11.6 Å². The van der Waals surface area contributed by atoms with E-state index in [0.717, 1.165) is 25.7 Å². The summed E-state index contributed by atoms with van der Waals surface area (Å²) in [5.74, 6) is -0.115. The molecule has 4 nitrogen and oxygen atoms in total. The molecule has 0 aromatic rings. The molecule has 1 amide bonds. The smallest absolute Gasteiger partial charge is 0.252 e. The van der Waals surface area contributed by atoms with Crippen molar-refractivity contribution < 1.29 is 9.53 Å². The molecule has 17 heavy (non-hydrogen) atoms. The SMILES string of the molecule is C=CCCOC(C)C(=O)N(C)C1(C#N)CCC1. The van der Waals surface area contributed by atoms with Gasteiger partial charge in [0.1, 0.15) is 11.6 Å². The Bertz CT molecular complexity index is 329. The van der Waals surface area contributed by atoms with Gasteiger partial charge < -0.3 is 9.64 Å². The van der Waals surface area contributed by atoms with Crippen LogP contribution in [0.5, 0.6) is 0 Å². The summed E-state index contributed by atoms with van der Waals surface area (Å²) in [5, 5.41) is 9.15. The summed E-state index contributed by atoms with van der Waals surface area (Å²) in [7, 11) is 1.69. The Hall–Kier alpha value is -1.34. The molecule has 0 aliphatic heterocycles. The van der Waals surface area contributed by atoms with Crippen molar-refractivity contribution in [1.29, 1.82) is 5.26 Å². The average Bonchev–Trinajstić information content (AvgIpc) is 2.27. The molecule has 0 radical (unpaired) electrons. The lowest BCUT2D eigenvalue weighted by Crippen LogP contribution is -2.55. The van der Waals surface area contributed by atoms with E-state index in [-0.39, 0.29) is 5.91 Å². The number of hydrogen-bond donors (Lipinski definition) is 0. The van der Waals surface area contributed by atoms with Crippen LogP contribution < -0.4 is 0 Å². The first-order chi connectivity index (χ1) is 8.07. The van der Waals surface area contributed by atoms with Gasteiger partial charge in [0.15, 0.2) is 0 Å². The second-order valence-corrected chi connectivity index (χ2v) is 4.48. The van der Waals surface area contributed by atoms with E-state index in [1.807, 2.05) is 0 Å². The number of ether oxygens (including phenoxy) is 1. The zero-order chi connectivity index (χ0) is 12.9. The fourth-order valence-electron chi connectivity index (χ4n) is 1.92. The predicted octanol–water partition coefficient (Wildman–Crippen LogP) is 1.87. The zero-order valence-corrected chi connectivity index (χ0v) is 10.6. The number of carbonyl (C=O) groups is 1. The molecule has 1 atom stereocenters. The zero-order valence-electron chi connectivity index (χ0n) is 10.6. The van der Waals surface area contributed by atoms with Crippen molar-refractivity contribution >= 4 is 5.91 Å². The third-order valence-electron chi connectivity index (χ3n) is 3.40. The molecule has 94 valence electrons. The van der Waals surface area contributed by atoms with Crippen molar-refractivity contribution in [2.75, 3.05) is 13.7 Å². The van der Waals surface area contributed by atoms with Crippen molar-refractivity contribution in [1.82, 2.24) is 4.90 Å². The molecular weight excluding hydrogens is 216 g/mol.